The van der Waals surface area contributed by atoms with E-state index >= 15 is 0 Å². The zero-order chi connectivity index (χ0) is 24.2. The van der Waals surface area contributed by atoms with Crippen LogP contribution < -0.4 is 5.32 Å². The molecule has 0 spiro atoms. The Balaban J connectivity index is 1.33. The van der Waals surface area contributed by atoms with E-state index < -0.39 is 0 Å². The number of aromatic nitrogens is 4. The molecule has 0 saturated carbocycles. The smallest absolute Gasteiger partial charge is 0.236 e. The number of nitrogens with one attached hydrogen (secondary N) is 1. The van der Waals surface area contributed by atoms with Crippen molar-refractivity contribution in [2.24, 2.45) is 0 Å². The lowest BCUT2D eigenvalue weighted by Crippen LogP contribution is -2.19. The minimum atomic E-state index is -0.103. The van der Waals surface area contributed by atoms with Gasteiger partial charge in [0, 0.05) is 23.9 Å². The number of carbonyl (C=O) groups excluding carboxylic acids is 1. The topological polar surface area (TPSA) is 74.0 Å². The van der Waals surface area contributed by atoms with Gasteiger partial charge in [-0.1, -0.05) is 60.3 Å². The Morgan fingerprint density at radius 1 is 1.11 bits per heavy atom. The molecular formula is C27H29N5O2S. The predicted octanol–water partition coefficient (Wildman–Crippen LogP) is 5.26. The summed E-state index contributed by atoms with van der Waals surface area (Å²) < 4.78 is 9.79. The van der Waals surface area contributed by atoms with E-state index in [-0.39, 0.29) is 17.8 Å². The van der Waals surface area contributed by atoms with Crippen molar-refractivity contribution in [2.45, 2.75) is 44.5 Å². The normalized spacial score (nSPS) is 15.4. The molecule has 35 heavy (non-hydrogen) atoms. The number of amides is 1. The third kappa shape index (κ3) is 5.33. The molecule has 7 nitrogen and oxygen atoms in total. The molecule has 0 bridgehead atoms. The van der Waals surface area contributed by atoms with Crippen LogP contribution in [-0.4, -0.2) is 43.7 Å². The molecule has 1 aliphatic heterocycles. The second kappa shape index (κ2) is 10.5. The summed E-state index contributed by atoms with van der Waals surface area (Å²) in [6.45, 7) is 5.68. The van der Waals surface area contributed by atoms with Crippen LogP contribution in [0.5, 0.6) is 0 Å². The monoisotopic (exact) mass is 487 g/mol. The summed E-state index contributed by atoms with van der Waals surface area (Å²) >= 11 is 1.45. The van der Waals surface area contributed by atoms with Crippen LogP contribution in [0.1, 0.15) is 24.2 Å². The van der Waals surface area contributed by atoms with Gasteiger partial charge in [0.2, 0.25) is 5.91 Å². The van der Waals surface area contributed by atoms with Crippen molar-refractivity contribution in [3.63, 3.8) is 0 Å². The second-order valence-corrected chi connectivity index (χ2v) is 9.62. The van der Waals surface area contributed by atoms with E-state index in [2.05, 4.69) is 16.8 Å². The summed E-state index contributed by atoms with van der Waals surface area (Å²) in [6.07, 6.45) is 2.38. The molecule has 5 rings (SSSR count). The van der Waals surface area contributed by atoms with Gasteiger partial charge in [-0.15, -0.1) is 0 Å². The highest BCUT2D eigenvalue weighted by molar-refractivity contribution is 7.99. The molecule has 1 atom stereocenters. The van der Waals surface area contributed by atoms with Crippen molar-refractivity contribution in [3.8, 4) is 16.9 Å². The van der Waals surface area contributed by atoms with Gasteiger partial charge < -0.3 is 14.6 Å². The van der Waals surface area contributed by atoms with Crippen molar-refractivity contribution in [2.75, 3.05) is 17.7 Å². The quantitative estimate of drug-likeness (QED) is 0.343. The summed E-state index contributed by atoms with van der Waals surface area (Å²) in [6, 6.07) is 21.7. The number of rotatable bonds is 8. The van der Waals surface area contributed by atoms with Gasteiger partial charge in [0.05, 0.1) is 35.5 Å². The van der Waals surface area contributed by atoms with Gasteiger partial charge in [0.25, 0.3) is 0 Å². The Kier molecular flexibility index (Phi) is 7.01. The van der Waals surface area contributed by atoms with E-state index in [4.69, 9.17) is 14.8 Å². The molecule has 180 valence electrons. The standard InChI is InChI=1S/C27H29N5O2S/c1-19-20(2)31(17-23-14-9-15-34-23)27(28-19)35-18-26(33)29-25-16-24(21-10-5-3-6-11-21)30-32(25)22-12-7-4-8-13-22/h3-8,10-13,16,23H,9,14-15,17-18H2,1-2H3,(H,29,33)/t23-/m0/s1. The fourth-order valence-electron chi connectivity index (χ4n) is 4.24. The largest absolute Gasteiger partial charge is 0.376 e. The highest BCUT2D eigenvalue weighted by Crippen LogP contribution is 2.27. The summed E-state index contributed by atoms with van der Waals surface area (Å²) in [5, 5.41) is 8.69. The van der Waals surface area contributed by atoms with Gasteiger partial charge >= 0.3 is 0 Å². The maximum absolute atomic E-state index is 13.0. The highest BCUT2D eigenvalue weighted by Gasteiger charge is 2.21. The summed E-state index contributed by atoms with van der Waals surface area (Å²) in [4.78, 5) is 17.7. The number of hydrogen-bond acceptors (Lipinski definition) is 5. The number of hydrogen-bond donors (Lipinski definition) is 1. The Labute approximate surface area is 209 Å². The van der Waals surface area contributed by atoms with Crippen LogP contribution in [0, 0.1) is 13.8 Å². The molecule has 1 saturated heterocycles. The highest BCUT2D eigenvalue weighted by atomic mass is 32.2. The average Bonchev–Trinajstić information content (AvgIpc) is 3.61. The zero-order valence-electron chi connectivity index (χ0n) is 20.0. The van der Waals surface area contributed by atoms with Gasteiger partial charge in [-0.25, -0.2) is 9.67 Å². The first-order valence-corrected chi connectivity index (χ1v) is 12.9. The maximum atomic E-state index is 13.0. The molecule has 2 aromatic carbocycles. The number of benzene rings is 2. The lowest BCUT2D eigenvalue weighted by molar-refractivity contribution is -0.113. The Bertz CT molecular complexity index is 1290. The second-order valence-electron chi connectivity index (χ2n) is 8.68. The lowest BCUT2D eigenvalue weighted by Gasteiger charge is -2.14. The van der Waals surface area contributed by atoms with Gasteiger partial charge in [-0.3, -0.25) is 4.79 Å². The molecule has 2 aromatic heterocycles. The minimum absolute atomic E-state index is 0.103. The van der Waals surface area contributed by atoms with E-state index in [0.717, 1.165) is 59.5 Å². The number of nitrogens with zero attached hydrogens (tertiary/aromatic N) is 4. The molecule has 0 aliphatic carbocycles. The van der Waals surface area contributed by atoms with E-state index in [9.17, 15) is 4.79 Å². The van der Waals surface area contributed by atoms with Gasteiger partial charge in [-0.05, 0) is 38.8 Å². The molecule has 1 fully saturated rings. The first-order valence-electron chi connectivity index (χ1n) is 11.9. The summed E-state index contributed by atoms with van der Waals surface area (Å²) in [5.41, 5.74) is 4.79. The van der Waals surface area contributed by atoms with Crippen LogP contribution in [-0.2, 0) is 16.1 Å². The SMILES string of the molecule is Cc1nc(SCC(=O)Nc2cc(-c3ccccc3)nn2-c2ccccc2)n(C[C@@H]2CCCO2)c1C. The number of carbonyl (C=O) groups is 1. The van der Waals surface area contributed by atoms with Crippen LogP contribution in [0.3, 0.4) is 0 Å². The molecule has 3 heterocycles. The molecule has 1 amide bonds. The molecule has 0 unspecified atom stereocenters. The summed E-state index contributed by atoms with van der Waals surface area (Å²) in [5.74, 6) is 0.784. The third-order valence-electron chi connectivity index (χ3n) is 6.21. The van der Waals surface area contributed by atoms with Crippen molar-refractivity contribution in [3.05, 3.63) is 78.1 Å². The Morgan fingerprint density at radius 2 is 1.86 bits per heavy atom. The van der Waals surface area contributed by atoms with Crippen molar-refractivity contribution >= 4 is 23.5 Å². The Morgan fingerprint density at radius 3 is 2.57 bits per heavy atom. The van der Waals surface area contributed by atoms with E-state index in [0.29, 0.717) is 5.82 Å². The van der Waals surface area contributed by atoms with Gasteiger partial charge in [0.15, 0.2) is 5.16 Å². The number of imidazole rings is 1. The average molecular weight is 488 g/mol. The molecule has 4 aromatic rings. The number of thioether (sulfide) groups is 1. The maximum Gasteiger partial charge on any atom is 0.236 e. The molecule has 1 N–H and O–H groups in total. The van der Waals surface area contributed by atoms with E-state index in [1.807, 2.05) is 73.7 Å². The van der Waals surface area contributed by atoms with Crippen molar-refractivity contribution < 1.29 is 9.53 Å². The third-order valence-corrected chi connectivity index (χ3v) is 7.19. The molecule has 0 radical (unpaired) electrons. The van der Waals surface area contributed by atoms with Crippen molar-refractivity contribution in [1.29, 1.82) is 0 Å². The zero-order valence-corrected chi connectivity index (χ0v) is 20.8. The fourth-order valence-corrected chi connectivity index (χ4v) is 5.14. The van der Waals surface area contributed by atoms with Crippen LogP contribution in [0.25, 0.3) is 16.9 Å². The number of ether oxygens (including phenoxy) is 1. The number of para-hydroxylation sites is 1. The predicted molar refractivity (Wildman–Crippen MR) is 139 cm³/mol. The van der Waals surface area contributed by atoms with Gasteiger partial charge in [0.1, 0.15) is 5.82 Å². The van der Waals surface area contributed by atoms with Crippen LogP contribution >= 0.6 is 11.8 Å². The van der Waals surface area contributed by atoms with Crippen LogP contribution in [0.4, 0.5) is 5.82 Å². The minimum Gasteiger partial charge on any atom is -0.376 e. The Hall–Kier alpha value is -3.36. The first-order chi connectivity index (χ1) is 17.1. The number of aryl methyl sites for hydroxylation is 1. The van der Waals surface area contributed by atoms with Crippen LogP contribution in [0.2, 0.25) is 0 Å². The molecule has 1 aliphatic rings. The summed E-state index contributed by atoms with van der Waals surface area (Å²) in [7, 11) is 0. The van der Waals surface area contributed by atoms with Gasteiger partial charge in [-0.2, -0.15) is 5.10 Å². The molecular weight excluding hydrogens is 458 g/mol. The van der Waals surface area contributed by atoms with E-state index in [1.165, 1.54) is 11.8 Å². The fraction of sp³-hybridized carbons (Fsp3) is 0.296. The first kappa shape index (κ1) is 23.4. The van der Waals surface area contributed by atoms with E-state index in [1.54, 1.807) is 4.68 Å². The van der Waals surface area contributed by atoms with Crippen molar-refractivity contribution in [1.82, 2.24) is 19.3 Å². The number of anilines is 1. The van der Waals surface area contributed by atoms with Crippen LogP contribution in [0.15, 0.2) is 71.9 Å². The molecule has 8 heteroatoms. The lowest BCUT2D eigenvalue weighted by atomic mass is 10.2.